The predicted octanol–water partition coefficient (Wildman–Crippen LogP) is -0.0134. The molecule has 82 valence electrons. The molecule has 4 heteroatoms. The van der Waals surface area contributed by atoms with Crippen molar-refractivity contribution in [2.24, 2.45) is 5.92 Å². The number of hydrogen-bond acceptors (Lipinski definition) is 3. The molecule has 0 saturated carbocycles. The molecular weight excluding hydrogens is 182 g/mol. The fourth-order valence-corrected chi connectivity index (χ4v) is 1.89. The van der Waals surface area contributed by atoms with Crippen molar-refractivity contribution in [1.29, 1.82) is 0 Å². The third kappa shape index (κ3) is 2.07. The lowest BCUT2D eigenvalue weighted by atomic mass is 10.0. The number of carbonyl (C=O) groups is 1. The molecule has 0 aromatic rings. The molecule has 2 atom stereocenters. The van der Waals surface area contributed by atoms with Crippen molar-refractivity contribution in [1.82, 2.24) is 4.90 Å². The molecule has 0 bridgehead atoms. The predicted molar refractivity (Wildman–Crippen MR) is 52.7 cm³/mol. The number of rotatable bonds is 2. The number of carbonyl (C=O) groups excluding carboxylic acids is 1. The standard InChI is InChI=1S/C10H19NO3/c1-7-8(6-12)4-5-11(7)9(13)10(2,3)14/h7-8,12,14H,4-6H2,1-3H3. The van der Waals surface area contributed by atoms with E-state index in [2.05, 4.69) is 0 Å². The molecule has 1 rings (SSSR count). The van der Waals surface area contributed by atoms with Crippen LogP contribution in [0.1, 0.15) is 27.2 Å². The van der Waals surface area contributed by atoms with Gasteiger partial charge in [0.15, 0.2) is 0 Å². The van der Waals surface area contributed by atoms with Gasteiger partial charge in [0.25, 0.3) is 5.91 Å². The average Bonchev–Trinajstić information content (AvgIpc) is 2.43. The molecule has 1 amide bonds. The lowest BCUT2D eigenvalue weighted by molar-refractivity contribution is -0.148. The molecular formula is C10H19NO3. The molecule has 1 fully saturated rings. The summed E-state index contributed by atoms with van der Waals surface area (Å²) in [5.74, 6) is -0.0951. The van der Waals surface area contributed by atoms with Gasteiger partial charge in [0.05, 0.1) is 0 Å². The number of amides is 1. The minimum atomic E-state index is -1.31. The van der Waals surface area contributed by atoms with Gasteiger partial charge in [-0.3, -0.25) is 4.79 Å². The van der Waals surface area contributed by atoms with Crippen LogP contribution in [0.3, 0.4) is 0 Å². The summed E-state index contributed by atoms with van der Waals surface area (Å²) in [5.41, 5.74) is -1.31. The lowest BCUT2D eigenvalue weighted by Gasteiger charge is -2.29. The molecule has 1 aliphatic heterocycles. The highest BCUT2D eigenvalue weighted by molar-refractivity contribution is 5.84. The second-order valence-corrected chi connectivity index (χ2v) is 4.53. The number of aliphatic hydroxyl groups is 2. The maximum absolute atomic E-state index is 11.7. The minimum Gasteiger partial charge on any atom is -0.396 e. The highest BCUT2D eigenvalue weighted by Gasteiger charge is 2.38. The second kappa shape index (κ2) is 3.87. The van der Waals surface area contributed by atoms with Gasteiger partial charge >= 0.3 is 0 Å². The summed E-state index contributed by atoms with van der Waals surface area (Å²) in [6.07, 6.45) is 0.819. The van der Waals surface area contributed by atoms with Gasteiger partial charge in [0.1, 0.15) is 5.60 Å². The first-order chi connectivity index (χ1) is 6.38. The highest BCUT2D eigenvalue weighted by Crippen LogP contribution is 2.25. The van der Waals surface area contributed by atoms with Crippen molar-refractivity contribution in [2.45, 2.75) is 38.8 Å². The molecule has 1 saturated heterocycles. The minimum absolute atomic E-state index is 0.0268. The maximum Gasteiger partial charge on any atom is 0.254 e. The smallest absolute Gasteiger partial charge is 0.254 e. The summed E-state index contributed by atoms with van der Waals surface area (Å²) < 4.78 is 0. The maximum atomic E-state index is 11.7. The van der Waals surface area contributed by atoms with Crippen LogP contribution in [0.15, 0.2) is 0 Å². The van der Waals surface area contributed by atoms with Gasteiger partial charge in [0.2, 0.25) is 0 Å². The zero-order chi connectivity index (χ0) is 10.9. The van der Waals surface area contributed by atoms with E-state index in [1.807, 2.05) is 6.92 Å². The van der Waals surface area contributed by atoms with E-state index >= 15 is 0 Å². The zero-order valence-corrected chi connectivity index (χ0v) is 9.03. The number of aliphatic hydroxyl groups excluding tert-OH is 1. The molecule has 14 heavy (non-hydrogen) atoms. The molecule has 0 aromatic carbocycles. The molecule has 0 aliphatic carbocycles. The van der Waals surface area contributed by atoms with Crippen LogP contribution >= 0.6 is 0 Å². The van der Waals surface area contributed by atoms with Gasteiger partial charge in [-0.1, -0.05) is 0 Å². The fourth-order valence-electron chi connectivity index (χ4n) is 1.89. The SMILES string of the molecule is CC1C(CO)CCN1C(=O)C(C)(C)O. The number of likely N-dealkylation sites (tertiary alicyclic amines) is 1. The van der Waals surface area contributed by atoms with Crippen LogP contribution in [0.4, 0.5) is 0 Å². The summed E-state index contributed by atoms with van der Waals surface area (Å²) >= 11 is 0. The largest absolute Gasteiger partial charge is 0.396 e. The van der Waals surface area contributed by atoms with Crippen molar-refractivity contribution < 1.29 is 15.0 Å². The molecule has 2 N–H and O–H groups in total. The van der Waals surface area contributed by atoms with Gasteiger partial charge in [-0.25, -0.2) is 0 Å². The average molecular weight is 201 g/mol. The molecule has 0 aromatic heterocycles. The Morgan fingerprint density at radius 1 is 1.57 bits per heavy atom. The van der Waals surface area contributed by atoms with Gasteiger partial charge in [-0.2, -0.15) is 0 Å². The van der Waals surface area contributed by atoms with Gasteiger partial charge in [0, 0.05) is 25.1 Å². The van der Waals surface area contributed by atoms with E-state index in [9.17, 15) is 9.90 Å². The summed E-state index contributed by atoms with van der Waals surface area (Å²) in [5, 5.41) is 18.6. The first-order valence-electron chi connectivity index (χ1n) is 5.02. The van der Waals surface area contributed by atoms with E-state index in [0.29, 0.717) is 6.54 Å². The van der Waals surface area contributed by atoms with E-state index in [-0.39, 0.29) is 24.5 Å². The Morgan fingerprint density at radius 3 is 2.50 bits per heavy atom. The number of nitrogens with zero attached hydrogens (tertiary/aromatic N) is 1. The van der Waals surface area contributed by atoms with Gasteiger partial charge < -0.3 is 15.1 Å². The second-order valence-electron chi connectivity index (χ2n) is 4.53. The van der Waals surface area contributed by atoms with E-state index < -0.39 is 5.60 Å². The first kappa shape index (κ1) is 11.5. The Morgan fingerprint density at radius 2 is 2.14 bits per heavy atom. The normalized spacial score (nSPS) is 28.2. The van der Waals surface area contributed by atoms with Crippen molar-refractivity contribution in [3.8, 4) is 0 Å². The van der Waals surface area contributed by atoms with Crippen molar-refractivity contribution in [3.63, 3.8) is 0 Å². The summed E-state index contributed by atoms with van der Waals surface area (Å²) in [4.78, 5) is 13.4. The molecule has 1 aliphatic rings. The topological polar surface area (TPSA) is 60.8 Å². The lowest BCUT2D eigenvalue weighted by Crippen LogP contribution is -2.47. The van der Waals surface area contributed by atoms with E-state index in [1.165, 1.54) is 13.8 Å². The molecule has 1 heterocycles. The zero-order valence-electron chi connectivity index (χ0n) is 9.03. The van der Waals surface area contributed by atoms with Crippen molar-refractivity contribution >= 4 is 5.91 Å². The molecule has 0 radical (unpaired) electrons. The van der Waals surface area contributed by atoms with Crippen LogP contribution in [0.2, 0.25) is 0 Å². The van der Waals surface area contributed by atoms with Crippen molar-refractivity contribution in [2.75, 3.05) is 13.2 Å². The summed E-state index contributed by atoms with van der Waals surface area (Å²) in [6.45, 7) is 5.65. The van der Waals surface area contributed by atoms with Crippen LogP contribution < -0.4 is 0 Å². The quantitative estimate of drug-likeness (QED) is 0.660. The number of hydrogen-bond donors (Lipinski definition) is 2. The van der Waals surface area contributed by atoms with E-state index in [4.69, 9.17) is 5.11 Å². The molecule has 2 unspecified atom stereocenters. The Balaban J connectivity index is 2.68. The highest BCUT2D eigenvalue weighted by atomic mass is 16.3. The van der Waals surface area contributed by atoms with Crippen LogP contribution in [0.25, 0.3) is 0 Å². The van der Waals surface area contributed by atoms with Gasteiger partial charge in [-0.15, -0.1) is 0 Å². The molecule has 4 nitrogen and oxygen atoms in total. The van der Waals surface area contributed by atoms with Gasteiger partial charge in [-0.05, 0) is 27.2 Å². The summed E-state index contributed by atoms with van der Waals surface area (Å²) in [7, 11) is 0. The van der Waals surface area contributed by atoms with Crippen LogP contribution in [-0.2, 0) is 4.79 Å². The third-order valence-electron chi connectivity index (χ3n) is 2.93. The fraction of sp³-hybridized carbons (Fsp3) is 0.900. The van der Waals surface area contributed by atoms with Crippen molar-refractivity contribution in [3.05, 3.63) is 0 Å². The first-order valence-corrected chi connectivity index (χ1v) is 5.02. The van der Waals surface area contributed by atoms with Crippen LogP contribution in [0, 0.1) is 5.92 Å². The van der Waals surface area contributed by atoms with Crippen LogP contribution in [0.5, 0.6) is 0 Å². The third-order valence-corrected chi connectivity index (χ3v) is 2.93. The van der Waals surface area contributed by atoms with Crippen LogP contribution in [-0.4, -0.2) is 45.8 Å². The molecule has 0 spiro atoms. The summed E-state index contributed by atoms with van der Waals surface area (Å²) in [6, 6.07) is 0.0268. The Hall–Kier alpha value is -0.610. The Labute approximate surface area is 84.5 Å². The Bertz CT molecular complexity index is 222. The monoisotopic (exact) mass is 201 g/mol. The van der Waals surface area contributed by atoms with E-state index in [1.54, 1.807) is 4.90 Å². The Kier molecular flexibility index (Phi) is 3.17. The van der Waals surface area contributed by atoms with E-state index in [0.717, 1.165) is 6.42 Å².